The van der Waals surface area contributed by atoms with Crippen molar-refractivity contribution in [1.82, 2.24) is 14.8 Å². The van der Waals surface area contributed by atoms with Gasteiger partial charge in [-0.15, -0.1) is 11.3 Å². The Labute approximate surface area is 186 Å². The van der Waals surface area contributed by atoms with Gasteiger partial charge in [-0.05, 0) is 24.1 Å². The van der Waals surface area contributed by atoms with Crippen LogP contribution < -0.4 is 0 Å². The van der Waals surface area contributed by atoms with E-state index in [0.717, 1.165) is 40.3 Å². The number of carbonyl (C=O) groups is 1. The van der Waals surface area contributed by atoms with Gasteiger partial charge in [0.25, 0.3) is 5.91 Å². The number of nitrogens with zero attached hydrogens (tertiary/aromatic N) is 3. The van der Waals surface area contributed by atoms with Crippen LogP contribution in [0.15, 0.2) is 42.6 Å². The van der Waals surface area contributed by atoms with E-state index in [2.05, 4.69) is 47.1 Å². The molecule has 2 aromatic heterocycles. The van der Waals surface area contributed by atoms with Crippen molar-refractivity contribution < 1.29 is 14.3 Å². The zero-order chi connectivity index (χ0) is 21.2. The summed E-state index contributed by atoms with van der Waals surface area (Å²) in [6.45, 7) is 7.79. The van der Waals surface area contributed by atoms with Gasteiger partial charge in [-0.25, -0.2) is 4.98 Å². The second kappa shape index (κ2) is 9.04. The topological polar surface area (TPSA) is 54.9 Å². The van der Waals surface area contributed by atoms with E-state index in [1.165, 1.54) is 22.5 Å². The molecule has 0 saturated carbocycles. The van der Waals surface area contributed by atoms with Gasteiger partial charge in [-0.1, -0.05) is 30.3 Å². The van der Waals surface area contributed by atoms with E-state index in [4.69, 9.17) is 9.47 Å². The molecule has 0 unspecified atom stereocenters. The minimum Gasteiger partial charge on any atom is -0.378 e. The van der Waals surface area contributed by atoms with Crippen molar-refractivity contribution in [3.05, 3.63) is 64.2 Å². The first-order valence-corrected chi connectivity index (χ1v) is 11.7. The molecular formula is C24H27N3O3S. The Kier molecular flexibility index (Phi) is 6.00. The number of amides is 1. The van der Waals surface area contributed by atoms with Crippen molar-refractivity contribution in [1.29, 1.82) is 0 Å². The van der Waals surface area contributed by atoms with Gasteiger partial charge in [0.15, 0.2) is 0 Å². The van der Waals surface area contributed by atoms with Crippen LogP contribution in [0.5, 0.6) is 0 Å². The number of morpholine rings is 2. The molecule has 0 spiro atoms. The van der Waals surface area contributed by atoms with E-state index in [1.807, 2.05) is 11.0 Å². The van der Waals surface area contributed by atoms with Crippen LogP contribution in [0.2, 0.25) is 0 Å². The summed E-state index contributed by atoms with van der Waals surface area (Å²) in [5, 5.41) is 1.03. The maximum Gasteiger partial charge on any atom is 0.264 e. The van der Waals surface area contributed by atoms with Gasteiger partial charge in [-0.2, -0.15) is 0 Å². The van der Waals surface area contributed by atoms with Crippen molar-refractivity contribution in [2.75, 3.05) is 46.0 Å². The molecule has 0 bridgehead atoms. The maximum atomic E-state index is 13.4. The summed E-state index contributed by atoms with van der Waals surface area (Å²) in [5.74, 6) is 0.0703. The highest BCUT2D eigenvalue weighted by molar-refractivity contribution is 7.20. The second-order valence-corrected chi connectivity index (χ2v) is 9.13. The van der Waals surface area contributed by atoms with E-state index < -0.39 is 0 Å². The molecule has 4 heterocycles. The zero-order valence-electron chi connectivity index (χ0n) is 17.8. The lowest BCUT2D eigenvalue weighted by atomic mass is 10.0. The van der Waals surface area contributed by atoms with Crippen molar-refractivity contribution in [3.8, 4) is 0 Å². The summed E-state index contributed by atoms with van der Waals surface area (Å²) >= 11 is 1.49. The molecule has 1 amide bonds. The van der Waals surface area contributed by atoms with Gasteiger partial charge in [0.05, 0.1) is 25.9 Å². The average Bonchev–Trinajstić information content (AvgIpc) is 3.20. The third kappa shape index (κ3) is 4.23. The van der Waals surface area contributed by atoms with Crippen molar-refractivity contribution in [3.63, 3.8) is 0 Å². The minimum absolute atomic E-state index is 0.0703. The quantitative estimate of drug-likeness (QED) is 0.624. The molecule has 31 heavy (non-hydrogen) atoms. The van der Waals surface area contributed by atoms with Gasteiger partial charge in [0, 0.05) is 49.9 Å². The van der Waals surface area contributed by atoms with Crippen LogP contribution in [0.4, 0.5) is 0 Å². The number of carbonyl (C=O) groups excluding carboxylic acids is 1. The molecule has 2 fully saturated rings. The molecule has 0 aliphatic carbocycles. The van der Waals surface area contributed by atoms with E-state index in [-0.39, 0.29) is 12.0 Å². The molecule has 1 aromatic carbocycles. The van der Waals surface area contributed by atoms with Crippen LogP contribution in [-0.2, 0) is 16.0 Å². The highest BCUT2D eigenvalue weighted by Crippen LogP contribution is 2.38. The van der Waals surface area contributed by atoms with Crippen LogP contribution >= 0.6 is 11.3 Å². The number of hydrogen-bond donors (Lipinski definition) is 0. The van der Waals surface area contributed by atoms with Crippen molar-refractivity contribution >= 4 is 27.5 Å². The van der Waals surface area contributed by atoms with Crippen LogP contribution in [0.1, 0.15) is 32.5 Å². The Morgan fingerprint density at radius 2 is 1.97 bits per heavy atom. The van der Waals surface area contributed by atoms with Gasteiger partial charge in [0.2, 0.25) is 0 Å². The second-order valence-electron chi connectivity index (χ2n) is 8.13. The highest BCUT2D eigenvalue weighted by Gasteiger charge is 2.32. The van der Waals surface area contributed by atoms with Gasteiger partial charge >= 0.3 is 0 Å². The molecule has 3 aromatic rings. The van der Waals surface area contributed by atoms with E-state index in [9.17, 15) is 4.79 Å². The van der Waals surface area contributed by atoms with Crippen molar-refractivity contribution in [2.45, 2.75) is 19.6 Å². The van der Waals surface area contributed by atoms with Crippen LogP contribution in [0, 0.1) is 6.92 Å². The molecule has 6 nitrogen and oxygen atoms in total. The Morgan fingerprint density at radius 1 is 1.13 bits per heavy atom. The predicted octanol–water partition coefficient (Wildman–Crippen LogP) is 3.65. The molecule has 162 valence electrons. The summed E-state index contributed by atoms with van der Waals surface area (Å²) in [6.07, 6.45) is 1.65. The van der Waals surface area contributed by atoms with Crippen LogP contribution in [-0.4, -0.2) is 66.7 Å². The summed E-state index contributed by atoms with van der Waals surface area (Å²) < 4.78 is 11.7. The number of fused-ring (bicyclic) bond motifs is 1. The molecule has 2 aliphatic rings. The largest absolute Gasteiger partial charge is 0.378 e. The monoisotopic (exact) mass is 437 g/mol. The fraction of sp³-hybridized carbons (Fsp3) is 0.417. The van der Waals surface area contributed by atoms with Crippen LogP contribution in [0.25, 0.3) is 10.2 Å². The number of thiophene rings is 1. The van der Waals surface area contributed by atoms with E-state index >= 15 is 0 Å². The minimum atomic E-state index is -0.143. The van der Waals surface area contributed by atoms with Crippen molar-refractivity contribution in [2.24, 2.45) is 0 Å². The van der Waals surface area contributed by atoms with Crippen LogP contribution in [0.3, 0.4) is 0 Å². The lowest BCUT2D eigenvalue weighted by Gasteiger charge is -2.34. The standard InChI is InChI=1S/C24H27N3O3S/c1-17-5-2-3-6-18(17)15-26-9-14-30-20(16-26)21-19-7-4-8-25-23(19)31-22(21)24(28)27-10-12-29-13-11-27/h2-8,20H,9-16H2,1H3/t20-/m0/s1. The summed E-state index contributed by atoms with van der Waals surface area (Å²) in [4.78, 5) is 24.0. The third-order valence-electron chi connectivity index (χ3n) is 6.12. The summed E-state index contributed by atoms with van der Waals surface area (Å²) in [6, 6.07) is 12.5. The lowest BCUT2D eigenvalue weighted by molar-refractivity contribution is -0.0325. The van der Waals surface area contributed by atoms with Gasteiger partial charge < -0.3 is 14.4 Å². The predicted molar refractivity (Wildman–Crippen MR) is 121 cm³/mol. The first-order chi connectivity index (χ1) is 15.2. The molecule has 0 radical (unpaired) electrons. The maximum absolute atomic E-state index is 13.4. The molecule has 0 N–H and O–H groups in total. The fourth-order valence-corrected chi connectivity index (χ4v) is 5.55. The number of benzene rings is 1. The number of rotatable bonds is 4. The van der Waals surface area contributed by atoms with E-state index in [1.54, 1.807) is 6.20 Å². The first kappa shape index (κ1) is 20.6. The lowest BCUT2D eigenvalue weighted by Crippen LogP contribution is -2.41. The first-order valence-electron chi connectivity index (χ1n) is 10.8. The van der Waals surface area contributed by atoms with E-state index in [0.29, 0.717) is 32.9 Å². The average molecular weight is 438 g/mol. The smallest absolute Gasteiger partial charge is 0.264 e. The molecule has 2 saturated heterocycles. The molecule has 1 atom stereocenters. The Morgan fingerprint density at radius 3 is 2.81 bits per heavy atom. The normalized spacial score (nSPS) is 20.3. The molecule has 5 rings (SSSR count). The number of aromatic nitrogens is 1. The van der Waals surface area contributed by atoms with Gasteiger partial charge in [0.1, 0.15) is 9.71 Å². The Bertz CT molecular complexity index is 1080. The molecule has 2 aliphatic heterocycles. The Balaban J connectivity index is 1.45. The number of ether oxygens (including phenoxy) is 2. The Hall–Kier alpha value is -2.32. The zero-order valence-corrected chi connectivity index (χ0v) is 18.6. The highest BCUT2D eigenvalue weighted by atomic mass is 32.1. The molecular weight excluding hydrogens is 410 g/mol. The SMILES string of the molecule is Cc1ccccc1CN1CCO[C@H](c2c(C(=O)N3CCOCC3)sc3ncccc23)C1. The molecule has 7 heteroatoms. The number of hydrogen-bond acceptors (Lipinski definition) is 6. The fourth-order valence-electron chi connectivity index (χ4n) is 4.39. The van der Waals surface area contributed by atoms with Gasteiger partial charge in [-0.3, -0.25) is 9.69 Å². The summed E-state index contributed by atoms with van der Waals surface area (Å²) in [7, 11) is 0. The number of aryl methyl sites for hydroxylation is 1. The number of pyridine rings is 1. The summed E-state index contributed by atoms with van der Waals surface area (Å²) in [5.41, 5.74) is 3.64. The third-order valence-corrected chi connectivity index (χ3v) is 7.24.